The largest absolute Gasteiger partial charge is 0.396 e. The lowest BCUT2D eigenvalue weighted by atomic mass is 10.3. The Morgan fingerprint density at radius 2 is 2.12 bits per heavy atom. The summed E-state index contributed by atoms with van der Waals surface area (Å²) >= 11 is 0. The second-order valence-corrected chi connectivity index (χ2v) is 5.39. The summed E-state index contributed by atoms with van der Waals surface area (Å²) in [5.74, 6) is -2.14. The molecule has 1 rings (SSSR count). The van der Waals surface area contributed by atoms with Crippen molar-refractivity contribution in [1.82, 2.24) is 5.32 Å². The summed E-state index contributed by atoms with van der Waals surface area (Å²) in [5.41, 5.74) is 5.09. The Morgan fingerprint density at radius 3 is 2.65 bits per heavy atom. The molecule has 0 aliphatic carbocycles. The lowest BCUT2D eigenvalue weighted by Gasteiger charge is -2.05. The van der Waals surface area contributed by atoms with Gasteiger partial charge in [0.15, 0.2) is 9.84 Å². The Morgan fingerprint density at radius 1 is 1.47 bits per heavy atom. The Kier molecular flexibility index (Phi) is 4.06. The minimum Gasteiger partial charge on any atom is -0.396 e. The second kappa shape index (κ2) is 5.13. The monoisotopic (exact) mass is 260 g/mol. The quantitative estimate of drug-likeness (QED) is 0.763. The fourth-order valence-corrected chi connectivity index (χ4v) is 2.38. The minimum atomic E-state index is -3.83. The van der Waals surface area contributed by atoms with Crippen LogP contribution in [0.25, 0.3) is 0 Å². The Balaban J connectivity index is 2.97. The maximum Gasteiger partial charge on any atom is 0.235 e. The molecule has 17 heavy (non-hydrogen) atoms. The summed E-state index contributed by atoms with van der Waals surface area (Å²) in [6, 6.07) is 3.14. The van der Waals surface area contributed by atoms with Crippen molar-refractivity contribution in [3.05, 3.63) is 24.0 Å². The molecule has 0 spiro atoms. The zero-order valence-corrected chi connectivity index (χ0v) is 10.1. The van der Waals surface area contributed by atoms with Crippen molar-refractivity contribution >= 4 is 21.4 Å². The third-order valence-electron chi connectivity index (χ3n) is 2.03. The van der Waals surface area contributed by atoms with Gasteiger partial charge in [0.25, 0.3) is 0 Å². The maximum absolute atomic E-state index is 13.1. The number of anilines is 1. The van der Waals surface area contributed by atoms with Crippen molar-refractivity contribution in [1.29, 1.82) is 0 Å². The lowest BCUT2D eigenvalue weighted by Crippen LogP contribution is -2.30. The van der Waals surface area contributed by atoms with Gasteiger partial charge in [-0.15, -0.1) is 0 Å². The molecule has 0 aromatic heterocycles. The van der Waals surface area contributed by atoms with Crippen LogP contribution in [0.15, 0.2) is 23.1 Å². The molecule has 0 heterocycles. The van der Waals surface area contributed by atoms with E-state index in [0.29, 0.717) is 6.54 Å². The fourth-order valence-electron chi connectivity index (χ4n) is 1.21. The first-order chi connectivity index (χ1) is 7.86. The number of nitrogen functional groups attached to an aromatic ring is 1. The van der Waals surface area contributed by atoms with Crippen molar-refractivity contribution in [2.75, 3.05) is 18.0 Å². The molecule has 5 nitrogen and oxygen atoms in total. The Hall–Kier alpha value is -1.63. The average molecular weight is 260 g/mol. The van der Waals surface area contributed by atoms with E-state index in [4.69, 9.17) is 5.73 Å². The van der Waals surface area contributed by atoms with E-state index in [2.05, 4.69) is 5.32 Å². The van der Waals surface area contributed by atoms with Crippen molar-refractivity contribution in [2.45, 2.75) is 11.8 Å². The molecule has 0 saturated heterocycles. The van der Waals surface area contributed by atoms with Gasteiger partial charge in [-0.1, -0.05) is 0 Å². The number of rotatable bonds is 4. The number of nitrogens with two attached hydrogens (primary N) is 1. The zero-order chi connectivity index (χ0) is 13.1. The highest BCUT2D eigenvalue weighted by Crippen LogP contribution is 2.17. The van der Waals surface area contributed by atoms with Gasteiger partial charge in [0.05, 0.1) is 10.6 Å². The molecule has 1 amide bonds. The van der Waals surface area contributed by atoms with Crippen LogP contribution in [0.5, 0.6) is 0 Å². The van der Waals surface area contributed by atoms with E-state index in [1.807, 2.05) is 0 Å². The van der Waals surface area contributed by atoms with Crippen LogP contribution >= 0.6 is 0 Å². The predicted octanol–water partition coefficient (Wildman–Crippen LogP) is 0.318. The molecule has 3 N–H and O–H groups in total. The van der Waals surface area contributed by atoms with Crippen LogP contribution in [0, 0.1) is 5.82 Å². The molecule has 0 fully saturated rings. The first kappa shape index (κ1) is 13.4. The number of nitrogens with one attached hydrogen (secondary N) is 1. The van der Waals surface area contributed by atoms with Crippen molar-refractivity contribution in [3.8, 4) is 0 Å². The van der Waals surface area contributed by atoms with Gasteiger partial charge in [-0.05, 0) is 25.1 Å². The number of benzene rings is 1. The van der Waals surface area contributed by atoms with E-state index in [0.717, 1.165) is 12.1 Å². The van der Waals surface area contributed by atoms with Crippen LogP contribution in [0.2, 0.25) is 0 Å². The van der Waals surface area contributed by atoms with E-state index >= 15 is 0 Å². The first-order valence-corrected chi connectivity index (χ1v) is 6.56. The Bertz CT molecular complexity index is 528. The molecule has 0 unspecified atom stereocenters. The van der Waals surface area contributed by atoms with Gasteiger partial charge in [0.2, 0.25) is 5.91 Å². The molecular formula is C10H13FN2O3S. The third-order valence-corrected chi connectivity index (χ3v) is 3.64. The number of hydrogen-bond donors (Lipinski definition) is 2. The third kappa shape index (κ3) is 3.42. The van der Waals surface area contributed by atoms with Gasteiger partial charge < -0.3 is 11.1 Å². The second-order valence-electron chi connectivity index (χ2n) is 3.40. The molecule has 0 atom stereocenters. The molecule has 0 saturated carbocycles. The lowest BCUT2D eigenvalue weighted by molar-refractivity contribution is -0.118. The van der Waals surface area contributed by atoms with E-state index in [1.165, 1.54) is 6.07 Å². The summed E-state index contributed by atoms with van der Waals surface area (Å²) in [6.45, 7) is 2.01. The van der Waals surface area contributed by atoms with Crippen molar-refractivity contribution in [2.24, 2.45) is 0 Å². The van der Waals surface area contributed by atoms with Gasteiger partial charge in [0.1, 0.15) is 11.6 Å². The minimum absolute atomic E-state index is 0.137. The number of sulfone groups is 1. The summed E-state index contributed by atoms with van der Waals surface area (Å²) in [7, 11) is -3.83. The van der Waals surface area contributed by atoms with Gasteiger partial charge in [0, 0.05) is 6.54 Å². The van der Waals surface area contributed by atoms with Gasteiger partial charge in [-0.25, -0.2) is 12.8 Å². The molecule has 0 radical (unpaired) electrons. The summed E-state index contributed by atoms with van der Waals surface area (Å²) in [5, 5.41) is 2.36. The number of hydrogen-bond acceptors (Lipinski definition) is 4. The normalized spacial score (nSPS) is 11.2. The maximum atomic E-state index is 13.1. The average Bonchev–Trinajstić information content (AvgIpc) is 2.21. The molecule has 0 aliphatic rings. The van der Waals surface area contributed by atoms with Crippen LogP contribution in [0.1, 0.15) is 6.92 Å². The van der Waals surface area contributed by atoms with E-state index in [9.17, 15) is 17.6 Å². The molecular weight excluding hydrogens is 247 g/mol. The number of carbonyl (C=O) groups is 1. The molecule has 94 valence electrons. The SMILES string of the molecule is CCNC(=O)CS(=O)(=O)c1ccc(N)c(F)c1. The molecule has 7 heteroatoms. The standard InChI is InChI=1S/C10H13FN2O3S/c1-2-13-10(14)6-17(15,16)7-3-4-9(12)8(11)5-7/h3-5H,2,6,12H2,1H3,(H,13,14). The van der Waals surface area contributed by atoms with Crippen LogP contribution in [0.3, 0.4) is 0 Å². The smallest absolute Gasteiger partial charge is 0.235 e. The predicted molar refractivity (Wildman–Crippen MR) is 61.5 cm³/mol. The van der Waals surface area contributed by atoms with Gasteiger partial charge in [-0.3, -0.25) is 4.79 Å². The highest BCUT2D eigenvalue weighted by molar-refractivity contribution is 7.92. The topological polar surface area (TPSA) is 89.3 Å². The number of carbonyl (C=O) groups excluding carboxylic acids is 1. The van der Waals surface area contributed by atoms with E-state index in [-0.39, 0.29) is 10.6 Å². The van der Waals surface area contributed by atoms with E-state index < -0.39 is 27.3 Å². The first-order valence-electron chi connectivity index (χ1n) is 4.91. The van der Waals surface area contributed by atoms with Gasteiger partial charge >= 0.3 is 0 Å². The summed E-state index contributed by atoms with van der Waals surface area (Å²) < 4.78 is 36.5. The van der Waals surface area contributed by atoms with Crippen molar-refractivity contribution in [3.63, 3.8) is 0 Å². The van der Waals surface area contributed by atoms with Crippen LogP contribution in [0.4, 0.5) is 10.1 Å². The number of halogens is 1. The summed E-state index contributed by atoms with van der Waals surface area (Å²) in [4.78, 5) is 10.9. The van der Waals surface area contributed by atoms with Crippen LogP contribution in [-0.4, -0.2) is 26.6 Å². The highest BCUT2D eigenvalue weighted by Gasteiger charge is 2.19. The van der Waals surface area contributed by atoms with E-state index in [1.54, 1.807) is 6.92 Å². The van der Waals surface area contributed by atoms with Crippen LogP contribution in [-0.2, 0) is 14.6 Å². The van der Waals surface area contributed by atoms with Crippen molar-refractivity contribution < 1.29 is 17.6 Å². The number of amides is 1. The summed E-state index contributed by atoms with van der Waals surface area (Å²) in [6.07, 6.45) is 0. The van der Waals surface area contributed by atoms with Gasteiger partial charge in [-0.2, -0.15) is 0 Å². The molecule has 1 aromatic carbocycles. The highest BCUT2D eigenvalue weighted by atomic mass is 32.2. The molecule has 0 aliphatic heterocycles. The Labute approximate surface area is 98.7 Å². The molecule has 1 aromatic rings. The van der Waals surface area contributed by atoms with Crippen LogP contribution < -0.4 is 11.1 Å². The zero-order valence-electron chi connectivity index (χ0n) is 9.23. The molecule has 0 bridgehead atoms. The fraction of sp³-hybridized carbons (Fsp3) is 0.300.